The third kappa shape index (κ3) is 6.66. The molecule has 0 unspecified atom stereocenters. The molecule has 0 fully saturated rings. The minimum atomic E-state index is -3.23. The maximum Gasteiger partial charge on any atom is 0.319 e. The van der Waals surface area contributed by atoms with Gasteiger partial charge in [0.05, 0.1) is 18.5 Å². The number of amides is 2. The van der Waals surface area contributed by atoms with Crippen LogP contribution in [0.3, 0.4) is 0 Å². The summed E-state index contributed by atoms with van der Waals surface area (Å²) in [6.45, 7) is 0.903. The van der Waals surface area contributed by atoms with Crippen molar-refractivity contribution in [1.29, 1.82) is 0 Å². The smallest absolute Gasteiger partial charge is 0.319 e. The molecule has 2 aromatic rings. The Kier molecular flexibility index (Phi) is 7.61. The van der Waals surface area contributed by atoms with Crippen molar-refractivity contribution in [1.82, 2.24) is 14.2 Å². The molecule has 0 saturated heterocycles. The fourth-order valence-corrected chi connectivity index (χ4v) is 3.04. The standard InChI is InChI=1S/C18H23ClN4O4S/c1-22(28(2,26)27)11-5-10-20-18(25)21-15-8-9-17(24)23(13-15)12-14-6-3-4-7-16(14)19/h3-4,6-9,13H,5,10-12H2,1-2H3,(H2,20,21,25). The number of carbonyl (C=O) groups is 1. The highest BCUT2D eigenvalue weighted by atomic mass is 35.5. The topological polar surface area (TPSA) is 101 Å². The molecule has 0 saturated carbocycles. The SMILES string of the molecule is CN(CCCNC(=O)Nc1ccc(=O)n(Cc2ccccc2Cl)c1)S(C)(=O)=O. The number of nitrogens with zero attached hydrogens (tertiary/aromatic N) is 2. The van der Waals surface area contributed by atoms with Crippen molar-refractivity contribution in [3.63, 3.8) is 0 Å². The number of urea groups is 1. The minimum Gasteiger partial charge on any atom is -0.338 e. The van der Waals surface area contributed by atoms with Gasteiger partial charge in [0.25, 0.3) is 5.56 Å². The van der Waals surface area contributed by atoms with E-state index in [1.807, 2.05) is 18.2 Å². The fraction of sp³-hybridized carbons (Fsp3) is 0.333. The first-order valence-corrected chi connectivity index (χ1v) is 10.8. The van der Waals surface area contributed by atoms with Crippen LogP contribution in [-0.4, -0.2) is 49.7 Å². The molecule has 0 bridgehead atoms. The van der Waals surface area contributed by atoms with E-state index in [2.05, 4.69) is 10.6 Å². The van der Waals surface area contributed by atoms with Crippen LogP contribution in [0.5, 0.6) is 0 Å². The van der Waals surface area contributed by atoms with Crippen molar-refractivity contribution < 1.29 is 13.2 Å². The average molecular weight is 427 g/mol. The number of pyridine rings is 1. The predicted octanol–water partition coefficient (Wildman–Crippen LogP) is 1.95. The molecular formula is C18H23ClN4O4S. The van der Waals surface area contributed by atoms with E-state index in [0.29, 0.717) is 30.2 Å². The second kappa shape index (κ2) is 9.72. The lowest BCUT2D eigenvalue weighted by molar-refractivity contribution is 0.251. The van der Waals surface area contributed by atoms with Gasteiger partial charge in [0.2, 0.25) is 10.0 Å². The number of benzene rings is 1. The molecule has 0 atom stereocenters. The van der Waals surface area contributed by atoms with Gasteiger partial charge in [0.1, 0.15) is 0 Å². The van der Waals surface area contributed by atoms with Crippen molar-refractivity contribution in [3.8, 4) is 0 Å². The zero-order valence-electron chi connectivity index (χ0n) is 15.7. The number of hydrogen-bond acceptors (Lipinski definition) is 4. The molecule has 28 heavy (non-hydrogen) atoms. The van der Waals surface area contributed by atoms with E-state index in [9.17, 15) is 18.0 Å². The molecule has 2 rings (SSSR count). The Hall–Kier alpha value is -2.36. The van der Waals surface area contributed by atoms with Crippen molar-refractivity contribution in [3.05, 3.63) is 63.5 Å². The Bertz CT molecular complexity index is 991. The maximum absolute atomic E-state index is 12.1. The van der Waals surface area contributed by atoms with Gasteiger partial charge in [-0.1, -0.05) is 29.8 Å². The Morgan fingerprint density at radius 2 is 1.93 bits per heavy atom. The number of aromatic nitrogens is 1. The highest BCUT2D eigenvalue weighted by molar-refractivity contribution is 7.88. The van der Waals surface area contributed by atoms with E-state index in [-0.39, 0.29) is 12.1 Å². The average Bonchev–Trinajstić information content (AvgIpc) is 2.62. The molecule has 152 valence electrons. The van der Waals surface area contributed by atoms with E-state index >= 15 is 0 Å². The summed E-state index contributed by atoms with van der Waals surface area (Å²) in [4.78, 5) is 24.1. The quantitative estimate of drug-likeness (QED) is 0.630. The van der Waals surface area contributed by atoms with Crippen LogP contribution in [0.2, 0.25) is 5.02 Å². The van der Waals surface area contributed by atoms with E-state index < -0.39 is 16.1 Å². The maximum atomic E-state index is 12.1. The van der Waals surface area contributed by atoms with Crippen LogP contribution in [-0.2, 0) is 16.6 Å². The summed E-state index contributed by atoms with van der Waals surface area (Å²) in [7, 11) is -1.74. The molecule has 1 aromatic carbocycles. The van der Waals surface area contributed by atoms with Gasteiger partial charge in [0.15, 0.2) is 0 Å². The van der Waals surface area contributed by atoms with E-state index in [0.717, 1.165) is 11.8 Å². The van der Waals surface area contributed by atoms with Crippen LogP contribution in [0.1, 0.15) is 12.0 Å². The summed E-state index contributed by atoms with van der Waals surface area (Å²) in [6, 6.07) is 9.67. The fourth-order valence-electron chi connectivity index (χ4n) is 2.38. The Morgan fingerprint density at radius 1 is 1.21 bits per heavy atom. The Morgan fingerprint density at radius 3 is 2.61 bits per heavy atom. The van der Waals surface area contributed by atoms with Gasteiger partial charge >= 0.3 is 6.03 Å². The second-order valence-electron chi connectivity index (χ2n) is 6.29. The van der Waals surface area contributed by atoms with Crippen molar-refractivity contribution in [2.24, 2.45) is 0 Å². The van der Waals surface area contributed by atoms with E-state index in [1.165, 1.54) is 28.1 Å². The van der Waals surface area contributed by atoms with Gasteiger partial charge in [-0.25, -0.2) is 17.5 Å². The van der Waals surface area contributed by atoms with Crippen LogP contribution in [0.4, 0.5) is 10.5 Å². The molecular weight excluding hydrogens is 404 g/mol. The van der Waals surface area contributed by atoms with Gasteiger partial charge in [-0.05, 0) is 24.1 Å². The van der Waals surface area contributed by atoms with E-state index in [1.54, 1.807) is 12.3 Å². The Balaban J connectivity index is 1.91. The number of carbonyl (C=O) groups excluding carboxylic acids is 1. The van der Waals surface area contributed by atoms with Gasteiger partial charge in [-0.15, -0.1) is 0 Å². The molecule has 0 spiro atoms. The first kappa shape index (κ1) is 21.9. The summed E-state index contributed by atoms with van der Waals surface area (Å²) >= 11 is 6.14. The zero-order valence-corrected chi connectivity index (χ0v) is 17.3. The van der Waals surface area contributed by atoms with Crippen molar-refractivity contribution in [2.45, 2.75) is 13.0 Å². The van der Waals surface area contributed by atoms with Crippen LogP contribution in [0.25, 0.3) is 0 Å². The molecule has 10 heteroatoms. The summed E-state index contributed by atoms with van der Waals surface area (Å²) in [6.07, 6.45) is 3.15. The molecule has 2 amide bonds. The van der Waals surface area contributed by atoms with Gasteiger partial charge in [0, 0.05) is 37.4 Å². The monoisotopic (exact) mass is 426 g/mol. The summed E-state index contributed by atoms with van der Waals surface area (Å²) in [5.74, 6) is 0. The third-order valence-electron chi connectivity index (χ3n) is 4.04. The molecule has 2 N–H and O–H groups in total. The molecule has 1 heterocycles. The molecule has 0 aliphatic rings. The normalized spacial score (nSPS) is 11.4. The number of anilines is 1. The van der Waals surface area contributed by atoms with Crippen molar-refractivity contribution >= 4 is 33.3 Å². The molecule has 0 aliphatic carbocycles. The second-order valence-corrected chi connectivity index (χ2v) is 8.79. The summed E-state index contributed by atoms with van der Waals surface area (Å²) in [5, 5.41) is 5.86. The number of sulfonamides is 1. The number of halogens is 1. The number of rotatable bonds is 8. The Labute approximate surface area is 169 Å². The van der Waals surface area contributed by atoms with Crippen molar-refractivity contribution in [2.75, 3.05) is 31.7 Å². The molecule has 0 aliphatic heterocycles. The lowest BCUT2D eigenvalue weighted by Crippen LogP contribution is -2.33. The van der Waals surface area contributed by atoms with Gasteiger partial charge in [-0.2, -0.15) is 0 Å². The van der Waals surface area contributed by atoms with Gasteiger partial charge in [-0.3, -0.25) is 4.79 Å². The molecule has 0 radical (unpaired) electrons. The van der Waals surface area contributed by atoms with Crippen LogP contribution < -0.4 is 16.2 Å². The largest absolute Gasteiger partial charge is 0.338 e. The van der Waals surface area contributed by atoms with E-state index in [4.69, 9.17) is 11.6 Å². The van der Waals surface area contributed by atoms with Crippen LogP contribution >= 0.6 is 11.6 Å². The zero-order chi connectivity index (χ0) is 20.7. The molecule has 1 aromatic heterocycles. The number of hydrogen-bond donors (Lipinski definition) is 2. The first-order chi connectivity index (χ1) is 13.2. The summed E-state index contributed by atoms with van der Waals surface area (Å²) in [5.41, 5.74) is 1.04. The first-order valence-electron chi connectivity index (χ1n) is 8.57. The lowest BCUT2D eigenvalue weighted by atomic mass is 10.2. The predicted molar refractivity (Wildman–Crippen MR) is 110 cm³/mol. The molecule has 8 nitrogen and oxygen atoms in total. The van der Waals surface area contributed by atoms with Crippen LogP contribution in [0.15, 0.2) is 47.4 Å². The number of nitrogens with one attached hydrogen (secondary N) is 2. The third-order valence-corrected chi connectivity index (χ3v) is 5.72. The highest BCUT2D eigenvalue weighted by Crippen LogP contribution is 2.16. The summed E-state index contributed by atoms with van der Waals surface area (Å²) < 4.78 is 25.3. The van der Waals surface area contributed by atoms with Crippen LogP contribution in [0, 0.1) is 0 Å². The lowest BCUT2D eigenvalue weighted by Gasteiger charge is -2.14. The van der Waals surface area contributed by atoms with Gasteiger partial charge < -0.3 is 15.2 Å². The highest BCUT2D eigenvalue weighted by Gasteiger charge is 2.10. The minimum absolute atomic E-state index is 0.213.